The van der Waals surface area contributed by atoms with Gasteiger partial charge in [0.05, 0.1) is 23.6 Å². The van der Waals surface area contributed by atoms with E-state index in [2.05, 4.69) is 275 Å². The van der Waals surface area contributed by atoms with Crippen molar-refractivity contribution in [2.45, 2.75) is 99.3 Å². The first kappa shape index (κ1) is 57.6. The van der Waals surface area contributed by atoms with Gasteiger partial charge in [-0.15, -0.1) is 29.7 Å². The normalized spacial score (nSPS) is 13.4. The maximum Gasteiger partial charge on any atom is 0.268 e. The number of aromatic nitrogens is 4. The van der Waals surface area contributed by atoms with E-state index in [9.17, 15) is 0 Å². The van der Waals surface area contributed by atoms with Crippen LogP contribution in [0.4, 0.5) is 0 Å². The van der Waals surface area contributed by atoms with Gasteiger partial charge in [-0.1, -0.05) is 298 Å². The number of ether oxygens (including phenoxy) is 1. The van der Waals surface area contributed by atoms with Gasteiger partial charge in [0, 0.05) is 54.0 Å². The molecule has 0 spiro atoms. The Morgan fingerprint density at radius 1 is 0.460 bits per heavy atom. The van der Waals surface area contributed by atoms with Crippen molar-refractivity contribution in [1.29, 1.82) is 0 Å². The molecule has 15 aromatic rings. The minimum atomic E-state index is -3.26. The Balaban J connectivity index is 0.00000976. The van der Waals surface area contributed by atoms with Crippen LogP contribution >= 0.6 is 0 Å². The molecule has 0 aliphatic carbocycles. The minimum absolute atomic E-state index is 0. The molecule has 12 aromatic carbocycles. The Labute approximate surface area is 616 Å². The molecule has 0 saturated carbocycles. The van der Waals surface area contributed by atoms with E-state index >= 15 is 0 Å². The number of nitrogens with zero attached hydrogens (tertiary/aromatic N) is 4. The van der Waals surface area contributed by atoms with E-state index in [4.69, 9.17) is 20.7 Å². The zero-order valence-corrected chi connectivity index (χ0v) is 61.5. The number of hydrogen-bond acceptors (Lipinski definition) is 2. The summed E-state index contributed by atoms with van der Waals surface area (Å²) in [5.74, 6) is 0.933. The molecule has 3 aromatic heterocycles. The second-order valence-corrected chi connectivity index (χ2v) is 33.0. The van der Waals surface area contributed by atoms with E-state index in [0.717, 1.165) is 72.0 Å². The van der Waals surface area contributed by atoms with E-state index in [1.54, 1.807) is 0 Å². The molecule has 0 fully saturated rings. The van der Waals surface area contributed by atoms with Crippen LogP contribution in [0.2, 0.25) is 0 Å². The summed E-state index contributed by atoms with van der Waals surface area (Å²) in [5, 5.41) is 6.65. The third-order valence-corrected chi connectivity index (χ3v) is 24.2. The molecule has 0 N–H and O–H groups in total. The maximum absolute atomic E-state index is 9.01. The first-order valence-electron chi connectivity index (χ1n) is 37.9. The first-order chi connectivity index (χ1) is 51.0. The van der Waals surface area contributed by atoms with Gasteiger partial charge in [-0.05, 0) is 153 Å². The van der Waals surface area contributed by atoms with Crippen molar-refractivity contribution in [3.8, 4) is 73.2 Å². The van der Waals surface area contributed by atoms with Gasteiger partial charge in [-0.3, -0.25) is 4.57 Å². The topological polar surface area (TPSA) is 35.9 Å². The number of rotatable bonds is 13. The molecule has 100 heavy (non-hydrogen) atoms. The van der Waals surface area contributed by atoms with Crippen LogP contribution in [0.15, 0.2) is 279 Å². The molecule has 0 saturated heterocycles. The van der Waals surface area contributed by atoms with Crippen LogP contribution in [-0.2, 0) is 37.3 Å². The zero-order valence-electron chi connectivity index (χ0n) is 66.2. The number of hydrogen-bond donors (Lipinski definition) is 0. The molecule has 496 valence electrons. The van der Waals surface area contributed by atoms with Crippen molar-refractivity contribution in [1.82, 2.24) is 14.1 Å². The van der Waals surface area contributed by atoms with Gasteiger partial charge in [0.25, 0.3) is 6.33 Å². The predicted octanol–water partition coefficient (Wildman–Crippen LogP) is 20.5. The minimum Gasteiger partial charge on any atom is -0.510 e. The van der Waals surface area contributed by atoms with Gasteiger partial charge in [-0.2, -0.15) is 18.2 Å². The van der Waals surface area contributed by atoms with E-state index in [0.29, 0.717) is 28.2 Å². The van der Waals surface area contributed by atoms with Gasteiger partial charge < -0.3 is 13.9 Å². The van der Waals surface area contributed by atoms with Crippen molar-refractivity contribution in [3.63, 3.8) is 0 Å². The third kappa shape index (κ3) is 12.3. The zero-order chi connectivity index (χ0) is 75.4. The van der Waals surface area contributed by atoms with Crippen LogP contribution in [0.3, 0.4) is 0 Å². The SMILES string of the molecule is [2H]c1c([2H])c([2H])c(-c2cnc(-n3c4[c-]c(Oc5[c-]c(-n6[c-][n+](-c7c(-c8ccccc8)c(C)cc(C)c7-c7ccccc7)c7ccccc76)ccc5)ccc4c4cc(-c5cccc([Si](c6cccc(C(C)(C)C)c6)(c6cccc(C(C)(C)C)c6)c6cccc(C(C)(C)C)c6)c5)ccc43)cc2C([2H])([2H])[2H])c([2H])c1[2H].[Pt]. The fourth-order valence-corrected chi connectivity index (χ4v) is 19.3. The van der Waals surface area contributed by atoms with Crippen LogP contribution in [-0.4, -0.2) is 22.2 Å². The number of aryl methyl sites for hydroxylation is 3. The molecule has 5 nitrogen and oxygen atoms in total. The second-order valence-electron chi connectivity index (χ2n) is 29.2. The standard InChI is InChI=1S/C93H82N4OSi.Pt/c1-62-52-87(94-60-82(62)65-29-16-13-17-30-65)97-83-50-47-69(68-35-24-41-76(53-68)99(77-42-25-36-70(55-77)91(4,5)6,78-43-26-37-71(56-78)92(7,8)9)79-44-27-38-72(57-79)93(10,11)12)54-81(83)80-49-48-75(59-86(80)97)98-74-40-28-39-73(58-74)95-61-96(85-46-23-22-45-84(85)95)90-88(66-31-18-14-19-32-66)63(2)51-64(3)89(90)67-33-20-15-21-34-67;/h13-57,60H,1-12H3;/q-2;/i1D3,13D,16D,17D,29D,30D;. The van der Waals surface area contributed by atoms with Gasteiger partial charge in [0.2, 0.25) is 0 Å². The summed E-state index contributed by atoms with van der Waals surface area (Å²) in [6.07, 6.45) is 5.12. The summed E-state index contributed by atoms with van der Waals surface area (Å²) >= 11 is 0. The van der Waals surface area contributed by atoms with Crippen molar-refractivity contribution >= 4 is 61.7 Å². The predicted molar refractivity (Wildman–Crippen MR) is 416 cm³/mol. The van der Waals surface area contributed by atoms with E-state index in [1.165, 1.54) is 49.7 Å². The van der Waals surface area contributed by atoms with Gasteiger partial charge >= 0.3 is 0 Å². The quantitative estimate of drug-likeness (QED) is 0.0499. The maximum atomic E-state index is 9.01. The molecule has 0 aliphatic heterocycles. The molecule has 15 rings (SSSR count). The Morgan fingerprint density at radius 2 is 0.990 bits per heavy atom. The summed E-state index contributed by atoms with van der Waals surface area (Å²) in [5.41, 5.74) is 16.0. The first-order valence-corrected chi connectivity index (χ1v) is 35.9. The molecule has 0 amide bonds. The number of para-hydroxylation sites is 2. The van der Waals surface area contributed by atoms with Crippen LogP contribution in [0.1, 0.15) is 107 Å². The molecular formula is C93H82N4OPtSi-2. The summed E-state index contributed by atoms with van der Waals surface area (Å²) in [6, 6.07) is 90.4. The number of imidazole rings is 1. The van der Waals surface area contributed by atoms with Crippen molar-refractivity contribution < 1.29 is 41.3 Å². The van der Waals surface area contributed by atoms with Crippen LogP contribution in [0.25, 0.3) is 94.5 Å². The monoisotopic (exact) mass is 1500 g/mol. The summed E-state index contributed by atoms with van der Waals surface area (Å²) in [7, 11) is -3.26. The van der Waals surface area contributed by atoms with E-state index in [1.807, 2.05) is 69.8 Å². The number of benzene rings is 12. The van der Waals surface area contributed by atoms with Crippen molar-refractivity contribution in [2.75, 3.05) is 0 Å². The summed E-state index contributed by atoms with van der Waals surface area (Å²) in [4.78, 5) is 4.97. The summed E-state index contributed by atoms with van der Waals surface area (Å²) in [6.45, 7) is 22.0. The molecule has 0 unspecified atom stereocenters. The molecule has 0 bridgehead atoms. The Hall–Kier alpha value is -10.2. The summed E-state index contributed by atoms with van der Waals surface area (Å²) < 4.78 is 83.5. The second kappa shape index (κ2) is 26.5. The van der Waals surface area contributed by atoms with Crippen LogP contribution in [0, 0.1) is 39.2 Å². The van der Waals surface area contributed by atoms with Crippen molar-refractivity contribution in [2.24, 2.45) is 0 Å². The molecule has 0 atom stereocenters. The Bertz CT molecular complexity index is 5790. The van der Waals surface area contributed by atoms with E-state index in [-0.39, 0.29) is 59.8 Å². The largest absolute Gasteiger partial charge is 0.510 e. The average Bonchev–Trinajstić information content (AvgIpc) is 0.859. The van der Waals surface area contributed by atoms with Crippen molar-refractivity contribution in [3.05, 3.63) is 331 Å². The number of fused-ring (bicyclic) bond motifs is 4. The fourth-order valence-electron chi connectivity index (χ4n) is 14.4. The molecule has 0 aliphatic rings. The van der Waals surface area contributed by atoms with Gasteiger partial charge in [0.15, 0.2) is 8.07 Å². The molecule has 3 heterocycles. The van der Waals surface area contributed by atoms with E-state index < -0.39 is 45.1 Å². The van der Waals surface area contributed by atoms with Gasteiger partial charge in [0.1, 0.15) is 5.82 Å². The van der Waals surface area contributed by atoms with Crippen LogP contribution < -0.4 is 30.1 Å². The smallest absolute Gasteiger partial charge is 0.268 e. The third-order valence-electron chi connectivity index (χ3n) is 19.5. The average molecular weight is 1500 g/mol. The number of pyridine rings is 1. The molecule has 7 heteroatoms. The fraction of sp³-hybridized carbons (Fsp3) is 0.161. The Kier molecular flexibility index (Phi) is 15.3. The van der Waals surface area contributed by atoms with Gasteiger partial charge in [-0.25, -0.2) is 4.98 Å². The molecular weight excluding hydrogens is 1410 g/mol. The molecule has 0 radical (unpaired) electrons. The van der Waals surface area contributed by atoms with Crippen LogP contribution in [0.5, 0.6) is 11.5 Å². The Morgan fingerprint density at radius 3 is 1.58 bits per heavy atom.